The zero-order valence-electron chi connectivity index (χ0n) is 13.4. The molecule has 3 N–H and O–H groups in total. The van der Waals surface area contributed by atoms with E-state index in [1.807, 2.05) is 6.92 Å². The van der Waals surface area contributed by atoms with E-state index in [4.69, 9.17) is 10.5 Å². The van der Waals surface area contributed by atoms with Crippen molar-refractivity contribution in [2.45, 2.75) is 37.3 Å². The van der Waals surface area contributed by atoms with Gasteiger partial charge in [0.25, 0.3) is 5.91 Å². The van der Waals surface area contributed by atoms with E-state index < -0.39 is 40.7 Å². The van der Waals surface area contributed by atoms with Crippen LogP contribution in [0.25, 0.3) is 0 Å². The van der Waals surface area contributed by atoms with Crippen molar-refractivity contribution in [2.24, 2.45) is 5.73 Å². The van der Waals surface area contributed by atoms with Gasteiger partial charge in [-0.3, -0.25) is 9.59 Å². The number of benzene rings is 1. The van der Waals surface area contributed by atoms with E-state index in [0.717, 1.165) is 15.4 Å². The summed E-state index contributed by atoms with van der Waals surface area (Å²) in [6, 6.07) is 3.45. The molecule has 1 aromatic carbocycles. The summed E-state index contributed by atoms with van der Waals surface area (Å²) in [4.78, 5) is 22.8. The Labute approximate surface area is 140 Å². The van der Waals surface area contributed by atoms with Gasteiger partial charge in [0.05, 0.1) is 11.0 Å². The number of amides is 1. The van der Waals surface area contributed by atoms with Gasteiger partial charge in [0.15, 0.2) is 6.61 Å². The molecule has 9 heteroatoms. The Morgan fingerprint density at radius 2 is 2.00 bits per heavy atom. The summed E-state index contributed by atoms with van der Waals surface area (Å²) in [5.41, 5.74) is 6.64. The second-order valence-corrected chi connectivity index (χ2v) is 7.69. The number of carbonyl (C=O) groups excluding carboxylic acids is 2. The number of carbonyl (C=O) groups is 2. The number of nitrogens with two attached hydrogens (primary N) is 1. The smallest absolute Gasteiger partial charge is 0.325 e. The van der Waals surface area contributed by atoms with Gasteiger partial charge in [0.1, 0.15) is 6.04 Å². The van der Waals surface area contributed by atoms with Crippen molar-refractivity contribution in [3.05, 3.63) is 29.3 Å². The highest BCUT2D eigenvalue weighted by molar-refractivity contribution is 7.89. The van der Waals surface area contributed by atoms with Gasteiger partial charge in [-0.05, 0) is 37.1 Å². The van der Waals surface area contributed by atoms with Crippen LogP contribution in [0.4, 0.5) is 0 Å². The number of rotatable bonds is 5. The number of primary amides is 1. The van der Waals surface area contributed by atoms with E-state index in [0.29, 0.717) is 0 Å². The molecule has 0 aliphatic carbocycles. The van der Waals surface area contributed by atoms with Crippen LogP contribution in [0.1, 0.15) is 17.5 Å². The molecule has 0 radical (unpaired) electrons. The van der Waals surface area contributed by atoms with Crippen LogP contribution in [0.2, 0.25) is 0 Å². The minimum absolute atomic E-state index is 0.0346. The Kier molecular flexibility index (Phi) is 5.26. The number of aliphatic hydroxyl groups excluding tert-OH is 1. The van der Waals surface area contributed by atoms with E-state index in [-0.39, 0.29) is 17.9 Å². The van der Waals surface area contributed by atoms with Crippen LogP contribution in [0.15, 0.2) is 23.1 Å². The number of sulfonamides is 1. The van der Waals surface area contributed by atoms with Crippen molar-refractivity contribution in [3.8, 4) is 0 Å². The van der Waals surface area contributed by atoms with Crippen molar-refractivity contribution in [1.82, 2.24) is 4.31 Å². The molecule has 132 valence electrons. The van der Waals surface area contributed by atoms with Gasteiger partial charge < -0.3 is 15.6 Å². The van der Waals surface area contributed by atoms with Crippen molar-refractivity contribution in [3.63, 3.8) is 0 Å². The lowest BCUT2D eigenvalue weighted by Gasteiger charge is -2.22. The van der Waals surface area contributed by atoms with E-state index in [1.54, 1.807) is 13.0 Å². The highest BCUT2D eigenvalue weighted by Crippen LogP contribution is 2.28. The van der Waals surface area contributed by atoms with E-state index >= 15 is 0 Å². The Balaban J connectivity index is 2.30. The molecular weight excluding hydrogens is 336 g/mol. The number of hydrogen-bond donors (Lipinski definition) is 2. The summed E-state index contributed by atoms with van der Waals surface area (Å²) in [7, 11) is -3.99. The monoisotopic (exact) mass is 356 g/mol. The Morgan fingerprint density at radius 1 is 1.33 bits per heavy atom. The van der Waals surface area contributed by atoms with Crippen LogP contribution in [-0.2, 0) is 24.3 Å². The summed E-state index contributed by atoms with van der Waals surface area (Å²) < 4.78 is 31.2. The molecule has 1 aromatic rings. The minimum atomic E-state index is -3.99. The van der Waals surface area contributed by atoms with Crippen molar-refractivity contribution in [2.75, 3.05) is 13.2 Å². The molecule has 1 amide bonds. The van der Waals surface area contributed by atoms with Crippen LogP contribution in [0, 0.1) is 13.8 Å². The molecule has 2 atom stereocenters. The molecule has 0 unspecified atom stereocenters. The Bertz CT molecular complexity index is 761. The summed E-state index contributed by atoms with van der Waals surface area (Å²) in [5, 5.41) is 9.80. The van der Waals surface area contributed by atoms with Gasteiger partial charge in [-0.15, -0.1) is 0 Å². The number of ether oxygens (including phenoxy) is 1. The topological polar surface area (TPSA) is 127 Å². The molecule has 1 aliphatic rings. The quantitative estimate of drug-likeness (QED) is 0.682. The third-order valence-corrected chi connectivity index (χ3v) is 5.82. The van der Waals surface area contributed by atoms with Gasteiger partial charge in [-0.2, -0.15) is 4.31 Å². The number of esters is 1. The molecule has 0 saturated carbocycles. The number of nitrogens with zero attached hydrogens (tertiary/aromatic N) is 1. The first-order valence-electron chi connectivity index (χ1n) is 7.35. The van der Waals surface area contributed by atoms with Gasteiger partial charge in [-0.1, -0.05) is 6.07 Å². The highest BCUT2D eigenvalue weighted by atomic mass is 32.2. The third-order valence-electron chi connectivity index (χ3n) is 3.95. The molecule has 2 rings (SSSR count). The second kappa shape index (κ2) is 6.88. The standard InChI is InChI=1S/C15H20N2O6S/c1-9-3-4-12(5-10(9)2)24(21,22)17-7-11(18)6-13(17)15(20)23-8-14(16)19/h3-5,11,13,18H,6-8H2,1-2H3,(H2,16,19)/t11-,13+/m1/s1. The minimum Gasteiger partial charge on any atom is -0.454 e. The number of hydrogen-bond acceptors (Lipinski definition) is 6. The maximum atomic E-state index is 12.8. The maximum absolute atomic E-state index is 12.8. The van der Waals surface area contributed by atoms with Crippen LogP contribution < -0.4 is 5.73 Å². The Hall–Kier alpha value is -1.97. The number of aryl methyl sites for hydroxylation is 2. The van der Waals surface area contributed by atoms with Crippen molar-refractivity contribution >= 4 is 21.9 Å². The summed E-state index contributed by atoms with van der Waals surface area (Å²) in [5.74, 6) is -1.75. The SMILES string of the molecule is Cc1ccc(S(=O)(=O)N2C[C@H](O)C[C@H]2C(=O)OCC(N)=O)cc1C. The predicted molar refractivity (Wildman–Crippen MR) is 84.4 cm³/mol. The first-order valence-corrected chi connectivity index (χ1v) is 8.79. The second-order valence-electron chi connectivity index (χ2n) is 5.80. The fourth-order valence-corrected chi connectivity index (χ4v) is 4.22. The zero-order valence-corrected chi connectivity index (χ0v) is 14.2. The summed E-state index contributed by atoms with van der Waals surface area (Å²) in [6.07, 6.45) is -1.08. The fourth-order valence-electron chi connectivity index (χ4n) is 2.51. The van der Waals surface area contributed by atoms with Gasteiger partial charge in [0.2, 0.25) is 10.0 Å². The molecule has 8 nitrogen and oxygen atoms in total. The first kappa shape index (κ1) is 18.4. The van der Waals surface area contributed by atoms with E-state index in [1.165, 1.54) is 12.1 Å². The molecule has 24 heavy (non-hydrogen) atoms. The maximum Gasteiger partial charge on any atom is 0.325 e. The average molecular weight is 356 g/mol. The molecule has 0 bridgehead atoms. The van der Waals surface area contributed by atoms with Crippen LogP contribution in [-0.4, -0.2) is 55.0 Å². The average Bonchev–Trinajstić information content (AvgIpc) is 2.90. The molecule has 0 aromatic heterocycles. The van der Waals surface area contributed by atoms with Gasteiger partial charge in [0, 0.05) is 13.0 Å². The zero-order chi connectivity index (χ0) is 18.1. The fraction of sp³-hybridized carbons (Fsp3) is 0.467. The molecule has 1 heterocycles. The largest absolute Gasteiger partial charge is 0.454 e. The molecule has 0 spiro atoms. The lowest BCUT2D eigenvalue weighted by molar-refractivity contribution is -0.151. The van der Waals surface area contributed by atoms with Crippen molar-refractivity contribution in [1.29, 1.82) is 0 Å². The van der Waals surface area contributed by atoms with E-state index in [2.05, 4.69) is 0 Å². The molecular formula is C15H20N2O6S. The van der Waals surface area contributed by atoms with E-state index in [9.17, 15) is 23.1 Å². The highest BCUT2D eigenvalue weighted by Gasteiger charge is 2.44. The summed E-state index contributed by atoms with van der Waals surface area (Å²) >= 11 is 0. The summed E-state index contributed by atoms with van der Waals surface area (Å²) in [6.45, 7) is 2.79. The van der Waals surface area contributed by atoms with Gasteiger partial charge in [-0.25, -0.2) is 8.42 Å². The van der Waals surface area contributed by atoms with Crippen LogP contribution >= 0.6 is 0 Å². The molecule has 1 saturated heterocycles. The van der Waals surface area contributed by atoms with Crippen LogP contribution in [0.3, 0.4) is 0 Å². The third kappa shape index (κ3) is 3.74. The van der Waals surface area contributed by atoms with Gasteiger partial charge >= 0.3 is 5.97 Å². The number of β-amino-alcohol motifs (C(OH)–C–C–N with tert-alkyl or cyclic N) is 1. The Morgan fingerprint density at radius 3 is 2.58 bits per heavy atom. The predicted octanol–water partition coefficient (Wildman–Crippen LogP) is -0.544. The van der Waals surface area contributed by atoms with Crippen molar-refractivity contribution < 1.29 is 27.9 Å². The molecule has 1 aliphatic heterocycles. The number of aliphatic hydroxyl groups is 1. The first-order chi connectivity index (χ1) is 11.1. The lowest BCUT2D eigenvalue weighted by atomic mass is 10.1. The van der Waals surface area contributed by atoms with Crippen LogP contribution in [0.5, 0.6) is 0 Å². The normalized spacial score (nSPS) is 21.6. The molecule has 1 fully saturated rings. The lowest BCUT2D eigenvalue weighted by Crippen LogP contribution is -2.42.